The number of aliphatic hydroxyl groups is 1. The molecule has 0 aliphatic heterocycles. The number of hydrogen-bond donors (Lipinski definition) is 3. The monoisotopic (exact) mass is 238 g/mol. The van der Waals surface area contributed by atoms with Gasteiger partial charge in [-0.25, -0.2) is 9.97 Å². The van der Waals surface area contributed by atoms with E-state index in [9.17, 15) is 5.11 Å². The van der Waals surface area contributed by atoms with E-state index in [4.69, 9.17) is 0 Å². The van der Waals surface area contributed by atoms with Crippen molar-refractivity contribution in [1.29, 1.82) is 0 Å². The maximum absolute atomic E-state index is 9.17. The third-order valence-corrected chi connectivity index (χ3v) is 2.58. The number of aliphatic hydroxyl groups excluding tert-OH is 1. The molecule has 0 amide bonds. The summed E-state index contributed by atoms with van der Waals surface area (Å²) in [7, 11) is 1.83. The Labute approximate surface area is 103 Å². The molecule has 1 rings (SSSR count). The van der Waals surface area contributed by atoms with E-state index in [1.54, 1.807) is 0 Å². The highest BCUT2D eigenvalue weighted by atomic mass is 16.3. The molecule has 0 spiro atoms. The SMILES string of the molecule is CCC(CO)Nc1cc(NC)nc(C(C)C)n1. The first-order valence-corrected chi connectivity index (χ1v) is 6.04. The van der Waals surface area contributed by atoms with Crippen molar-refractivity contribution in [3.05, 3.63) is 11.9 Å². The third-order valence-electron chi connectivity index (χ3n) is 2.58. The molecule has 0 aliphatic carbocycles. The van der Waals surface area contributed by atoms with E-state index in [0.717, 1.165) is 23.9 Å². The second-order valence-corrected chi connectivity index (χ2v) is 4.33. The van der Waals surface area contributed by atoms with Crippen molar-refractivity contribution >= 4 is 11.6 Å². The summed E-state index contributed by atoms with van der Waals surface area (Å²) in [6.07, 6.45) is 0.854. The summed E-state index contributed by atoms with van der Waals surface area (Å²) in [5, 5.41) is 15.4. The Morgan fingerprint density at radius 2 is 1.94 bits per heavy atom. The van der Waals surface area contributed by atoms with Crippen LogP contribution in [0.1, 0.15) is 38.9 Å². The molecule has 0 bridgehead atoms. The van der Waals surface area contributed by atoms with E-state index in [1.807, 2.05) is 20.0 Å². The van der Waals surface area contributed by atoms with Crippen molar-refractivity contribution in [1.82, 2.24) is 9.97 Å². The van der Waals surface area contributed by atoms with Gasteiger partial charge in [-0.15, -0.1) is 0 Å². The molecule has 1 heterocycles. The second kappa shape index (κ2) is 6.39. The lowest BCUT2D eigenvalue weighted by Crippen LogP contribution is -2.23. The molecule has 5 nitrogen and oxygen atoms in total. The predicted molar refractivity (Wildman–Crippen MR) is 70.5 cm³/mol. The quantitative estimate of drug-likeness (QED) is 0.705. The highest BCUT2D eigenvalue weighted by Gasteiger charge is 2.10. The van der Waals surface area contributed by atoms with Crippen LogP contribution in [0.4, 0.5) is 11.6 Å². The highest BCUT2D eigenvalue weighted by Crippen LogP contribution is 2.17. The van der Waals surface area contributed by atoms with Crippen LogP contribution < -0.4 is 10.6 Å². The van der Waals surface area contributed by atoms with Crippen LogP contribution in [0.3, 0.4) is 0 Å². The zero-order chi connectivity index (χ0) is 12.8. The molecule has 17 heavy (non-hydrogen) atoms. The van der Waals surface area contributed by atoms with Crippen LogP contribution in [0.5, 0.6) is 0 Å². The molecule has 3 N–H and O–H groups in total. The standard InChI is InChI=1S/C12H22N4O/c1-5-9(7-17)14-11-6-10(13-4)15-12(16-11)8(2)3/h6,8-9,17H,5,7H2,1-4H3,(H2,13,14,15,16). The van der Waals surface area contributed by atoms with Gasteiger partial charge in [0.1, 0.15) is 17.5 Å². The van der Waals surface area contributed by atoms with Gasteiger partial charge in [0.25, 0.3) is 0 Å². The zero-order valence-electron chi connectivity index (χ0n) is 11.0. The Kier molecular flexibility index (Phi) is 5.15. The molecule has 1 atom stereocenters. The molecule has 0 aliphatic rings. The number of anilines is 2. The molecular weight excluding hydrogens is 216 g/mol. The molecular formula is C12H22N4O. The van der Waals surface area contributed by atoms with Crippen LogP contribution in [0.15, 0.2) is 6.07 Å². The van der Waals surface area contributed by atoms with Crippen molar-refractivity contribution in [2.45, 2.75) is 39.2 Å². The number of hydrogen-bond acceptors (Lipinski definition) is 5. The van der Waals surface area contributed by atoms with Gasteiger partial charge in [-0.2, -0.15) is 0 Å². The maximum atomic E-state index is 9.17. The molecule has 96 valence electrons. The van der Waals surface area contributed by atoms with E-state index in [-0.39, 0.29) is 18.6 Å². The minimum atomic E-state index is 0.0367. The van der Waals surface area contributed by atoms with E-state index in [2.05, 4.69) is 34.4 Å². The lowest BCUT2D eigenvalue weighted by Gasteiger charge is -2.16. The number of aromatic nitrogens is 2. The predicted octanol–water partition coefficient (Wildman–Crippen LogP) is 1.82. The normalized spacial score (nSPS) is 12.6. The molecule has 5 heteroatoms. The summed E-state index contributed by atoms with van der Waals surface area (Å²) < 4.78 is 0. The van der Waals surface area contributed by atoms with Crippen LogP contribution in [0.2, 0.25) is 0 Å². The number of nitrogens with one attached hydrogen (secondary N) is 2. The summed E-state index contributed by atoms with van der Waals surface area (Å²) in [6, 6.07) is 1.89. The first-order chi connectivity index (χ1) is 8.10. The molecule has 0 saturated carbocycles. The lowest BCUT2D eigenvalue weighted by molar-refractivity contribution is 0.271. The smallest absolute Gasteiger partial charge is 0.135 e. The minimum absolute atomic E-state index is 0.0367. The van der Waals surface area contributed by atoms with Gasteiger partial charge in [-0.1, -0.05) is 20.8 Å². The Hall–Kier alpha value is -1.36. The van der Waals surface area contributed by atoms with E-state index >= 15 is 0 Å². The minimum Gasteiger partial charge on any atom is -0.394 e. The van der Waals surface area contributed by atoms with Gasteiger partial charge in [0, 0.05) is 19.0 Å². The van der Waals surface area contributed by atoms with Crippen LogP contribution in [-0.2, 0) is 0 Å². The first kappa shape index (κ1) is 13.7. The molecule has 1 aromatic rings. The van der Waals surface area contributed by atoms with E-state index < -0.39 is 0 Å². The van der Waals surface area contributed by atoms with Crippen molar-refractivity contribution in [2.24, 2.45) is 0 Å². The second-order valence-electron chi connectivity index (χ2n) is 4.33. The fraction of sp³-hybridized carbons (Fsp3) is 0.667. The van der Waals surface area contributed by atoms with Gasteiger partial charge in [-0.3, -0.25) is 0 Å². The summed E-state index contributed by atoms with van der Waals surface area (Å²) >= 11 is 0. The van der Waals surface area contributed by atoms with Gasteiger partial charge in [0.05, 0.1) is 12.6 Å². The fourth-order valence-corrected chi connectivity index (χ4v) is 1.41. The van der Waals surface area contributed by atoms with Crippen LogP contribution in [0, 0.1) is 0 Å². The van der Waals surface area contributed by atoms with Crippen LogP contribution >= 0.6 is 0 Å². The summed E-state index contributed by atoms with van der Waals surface area (Å²) in [5.74, 6) is 2.62. The highest BCUT2D eigenvalue weighted by molar-refractivity contribution is 5.48. The van der Waals surface area contributed by atoms with Gasteiger partial charge in [-0.05, 0) is 6.42 Å². The molecule has 0 aromatic carbocycles. The van der Waals surface area contributed by atoms with Gasteiger partial charge in [0.15, 0.2) is 0 Å². The number of nitrogens with zero attached hydrogens (tertiary/aromatic N) is 2. The van der Waals surface area contributed by atoms with E-state index in [1.165, 1.54) is 0 Å². The average Bonchev–Trinajstić information content (AvgIpc) is 2.35. The molecule has 0 saturated heterocycles. The Balaban J connectivity index is 2.94. The Bertz CT molecular complexity index is 350. The first-order valence-electron chi connectivity index (χ1n) is 6.04. The molecule has 1 aromatic heterocycles. The molecule has 0 fully saturated rings. The zero-order valence-corrected chi connectivity index (χ0v) is 11.0. The molecule has 0 radical (unpaired) electrons. The van der Waals surface area contributed by atoms with Gasteiger partial charge in [0.2, 0.25) is 0 Å². The van der Waals surface area contributed by atoms with Gasteiger partial charge < -0.3 is 15.7 Å². The van der Waals surface area contributed by atoms with Crippen molar-refractivity contribution in [3.63, 3.8) is 0 Å². The van der Waals surface area contributed by atoms with Crippen molar-refractivity contribution in [2.75, 3.05) is 24.3 Å². The Morgan fingerprint density at radius 3 is 2.41 bits per heavy atom. The molecule has 1 unspecified atom stereocenters. The van der Waals surface area contributed by atoms with Crippen LogP contribution in [-0.4, -0.2) is 34.8 Å². The summed E-state index contributed by atoms with van der Waals surface area (Å²) in [4.78, 5) is 8.83. The van der Waals surface area contributed by atoms with E-state index in [0.29, 0.717) is 0 Å². The average molecular weight is 238 g/mol. The lowest BCUT2D eigenvalue weighted by atomic mass is 10.2. The van der Waals surface area contributed by atoms with Gasteiger partial charge >= 0.3 is 0 Å². The van der Waals surface area contributed by atoms with Crippen molar-refractivity contribution < 1.29 is 5.11 Å². The summed E-state index contributed by atoms with van der Waals surface area (Å²) in [6.45, 7) is 6.24. The third kappa shape index (κ3) is 3.85. The summed E-state index contributed by atoms with van der Waals surface area (Å²) in [5.41, 5.74) is 0. The topological polar surface area (TPSA) is 70.1 Å². The fourth-order valence-electron chi connectivity index (χ4n) is 1.41. The maximum Gasteiger partial charge on any atom is 0.135 e. The number of rotatable bonds is 6. The largest absolute Gasteiger partial charge is 0.394 e. The Morgan fingerprint density at radius 1 is 1.29 bits per heavy atom. The van der Waals surface area contributed by atoms with Crippen molar-refractivity contribution in [3.8, 4) is 0 Å². The van der Waals surface area contributed by atoms with Crippen LogP contribution in [0.25, 0.3) is 0 Å².